The van der Waals surface area contributed by atoms with Gasteiger partial charge in [-0.05, 0) is 11.6 Å². The third kappa shape index (κ3) is 6.53. The van der Waals surface area contributed by atoms with Gasteiger partial charge in [-0.25, -0.2) is 4.40 Å². The van der Waals surface area contributed by atoms with Gasteiger partial charge in [0.05, 0.1) is 5.71 Å². The predicted molar refractivity (Wildman–Crippen MR) is 92.0 cm³/mol. The molecule has 0 amide bonds. The van der Waals surface area contributed by atoms with Crippen molar-refractivity contribution in [1.29, 1.82) is 0 Å². The smallest absolute Gasteiger partial charge is 0.472 e. The van der Waals surface area contributed by atoms with Gasteiger partial charge in [-0.2, -0.15) is 17.8 Å². The summed E-state index contributed by atoms with van der Waals surface area (Å²) in [6.45, 7) is 0.533. The van der Waals surface area contributed by atoms with E-state index in [1.54, 1.807) is 0 Å². The van der Waals surface area contributed by atoms with Crippen molar-refractivity contribution in [2.24, 2.45) is 15.9 Å². The maximum atomic E-state index is 5.65. The number of hydrogen-bond donors (Lipinski definition) is 3. The Morgan fingerprint density at radius 1 is 1.13 bits per heavy atom. The van der Waals surface area contributed by atoms with E-state index in [0.717, 1.165) is 28.1 Å². The number of nitrogens with one attached hydrogen (secondary N) is 1. The van der Waals surface area contributed by atoms with Crippen molar-refractivity contribution in [2.45, 2.75) is 6.54 Å². The van der Waals surface area contributed by atoms with E-state index in [0.29, 0.717) is 6.54 Å². The Morgan fingerprint density at radius 2 is 1.78 bits per heavy atom. The fraction of sp³-hybridized carbons (Fsp3) is 0.125. The molecule has 0 radical (unpaired) electrons. The second-order valence-corrected chi connectivity index (χ2v) is 5.04. The van der Waals surface area contributed by atoms with Crippen molar-refractivity contribution in [2.75, 3.05) is 12.4 Å². The van der Waals surface area contributed by atoms with Gasteiger partial charge in [0.15, 0.2) is 0 Å². The average molecular weight is 345 g/mol. The molecule has 0 unspecified atom stereocenters. The van der Waals surface area contributed by atoms with Crippen LogP contribution >= 0.6 is 11.9 Å². The quantitative estimate of drug-likeness (QED) is 0.223. The third-order valence-corrected chi connectivity index (χ3v) is 3.53. The van der Waals surface area contributed by atoms with Gasteiger partial charge >= 0.3 is 59.1 Å². The van der Waals surface area contributed by atoms with Crippen molar-refractivity contribution >= 4 is 23.3 Å². The van der Waals surface area contributed by atoms with Crippen molar-refractivity contribution in [3.63, 3.8) is 0 Å². The first-order valence-electron chi connectivity index (χ1n) is 6.64. The maximum absolute atomic E-state index is 5.65. The van der Waals surface area contributed by atoms with Gasteiger partial charge in [0.2, 0.25) is 0 Å². The second-order valence-electron chi connectivity index (χ2n) is 4.38. The molecule has 0 saturated heterocycles. The zero-order chi connectivity index (χ0) is 15.1. The molecule has 0 bridgehead atoms. The largest absolute Gasteiger partial charge is 1.00 e. The first-order valence-corrected chi connectivity index (χ1v) is 7.47. The summed E-state index contributed by atoms with van der Waals surface area (Å²) in [5.41, 5.74) is 16.2. The summed E-state index contributed by atoms with van der Waals surface area (Å²) in [7, 11) is 1.90. The molecule has 110 valence electrons. The first kappa shape index (κ1) is 23.2. The van der Waals surface area contributed by atoms with Crippen LogP contribution in [-0.4, -0.2) is 12.8 Å². The van der Waals surface area contributed by atoms with Crippen LogP contribution in [0.3, 0.4) is 0 Å². The molecule has 0 aliphatic rings. The Hall–Kier alpha value is 0.180. The molecule has 0 aliphatic carbocycles. The van der Waals surface area contributed by atoms with Crippen LogP contribution in [-0.2, 0) is 6.54 Å². The SMILES string of the molecule is CNc1ccccc1/C(=N/S[CH-]N)c1ccc(CN)cc1.[Na+].[Na+]. The summed E-state index contributed by atoms with van der Waals surface area (Å²) in [4.78, 5) is 0. The fourth-order valence-electron chi connectivity index (χ4n) is 2.05. The Kier molecular flexibility index (Phi) is 12.6. The minimum Gasteiger partial charge on any atom is -0.472 e. The zero-order valence-electron chi connectivity index (χ0n) is 13.9. The number of rotatable bonds is 6. The van der Waals surface area contributed by atoms with Crippen molar-refractivity contribution in [3.8, 4) is 0 Å². The number of nitrogens with two attached hydrogens (primary N) is 2. The predicted octanol–water partition coefficient (Wildman–Crippen LogP) is -3.24. The molecule has 0 fully saturated rings. The van der Waals surface area contributed by atoms with Gasteiger partial charge < -0.3 is 16.8 Å². The number of anilines is 1. The van der Waals surface area contributed by atoms with Crippen molar-refractivity contribution < 1.29 is 59.1 Å². The van der Waals surface area contributed by atoms with E-state index in [1.807, 2.05) is 55.6 Å². The minimum atomic E-state index is 0. The molecule has 4 nitrogen and oxygen atoms in total. The van der Waals surface area contributed by atoms with E-state index in [1.165, 1.54) is 17.8 Å². The number of benzene rings is 2. The summed E-state index contributed by atoms with van der Waals surface area (Å²) in [5.74, 6) is 1.47. The van der Waals surface area contributed by atoms with Crippen LogP contribution in [0.4, 0.5) is 5.69 Å². The molecule has 0 aromatic heterocycles. The van der Waals surface area contributed by atoms with Crippen LogP contribution in [0.2, 0.25) is 0 Å². The standard InChI is InChI=1S/C16H19N4S.2Na/c1-19-15-5-3-2-4-14(15)16(20-21-11-18)13-8-6-12(10-17)7-9-13;;/h2-9,11,19H,10,17-18H2,1H3;;/q-1;2*+1/b20-16+;;. The Labute approximate surface area is 186 Å². The normalized spacial score (nSPS) is 10.5. The minimum absolute atomic E-state index is 0. The molecule has 0 saturated carbocycles. The van der Waals surface area contributed by atoms with E-state index < -0.39 is 0 Å². The van der Waals surface area contributed by atoms with Gasteiger partial charge in [-0.3, -0.25) is 0 Å². The molecule has 2 aromatic rings. The molecule has 0 spiro atoms. The number of hydrogen-bond acceptors (Lipinski definition) is 5. The molecular formula is C16H19N4Na2S+. The second kappa shape index (κ2) is 12.5. The summed E-state index contributed by atoms with van der Waals surface area (Å²) in [5, 5.41) is 3.19. The Balaban J connectivity index is 0.00000242. The molecule has 0 heterocycles. The van der Waals surface area contributed by atoms with E-state index in [9.17, 15) is 0 Å². The van der Waals surface area contributed by atoms with Crippen LogP contribution in [0.25, 0.3) is 0 Å². The molecule has 2 aromatic carbocycles. The topological polar surface area (TPSA) is 76.4 Å². The van der Waals surface area contributed by atoms with Gasteiger partial charge in [-0.15, -0.1) is 0 Å². The average Bonchev–Trinajstić information content (AvgIpc) is 2.56. The summed E-state index contributed by atoms with van der Waals surface area (Å²) >= 11 is 1.22. The van der Waals surface area contributed by atoms with Gasteiger partial charge in [0, 0.05) is 30.4 Å². The van der Waals surface area contributed by atoms with Crippen LogP contribution in [0, 0.1) is 5.88 Å². The van der Waals surface area contributed by atoms with Crippen molar-refractivity contribution in [1.82, 2.24) is 0 Å². The Bertz CT molecular complexity index is 618. The molecule has 0 aliphatic heterocycles. The zero-order valence-corrected chi connectivity index (χ0v) is 18.7. The van der Waals surface area contributed by atoms with Crippen LogP contribution in [0.5, 0.6) is 0 Å². The summed E-state index contributed by atoms with van der Waals surface area (Å²) in [6, 6.07) is 16.2. The van der Waals surface area contributed by atoms with Gasteiger partial charge in [0.1, 0.15) is 0 Å². The molecule has 5 N–H and O–H groups in total. The number of para-hydroxylation sites is 1. The molecule has 2 rings (SSSR count). The van der Waals surface area contributed by atoms with E-state index in [4.69, 9.17) is 11.5 Å². The Morgan fingerprint density at radius 3 is 2.35 bits per heavy atom. The van der Waals surface area contributed by atoms with E-state index in [-0.39, 0.29) is 59.1 Å². The first-order chi connectivity index (χ1) is 10.3. The number of nitrogens with zero attached hydrogens (tertiary/aromatic N) is 1. The maximum Gasteiger partial charge on any atom is 1.00 e. The van der Waals surface area contributed by atoms with E-state index in [2.05, 4.69) is 9.71 Å². The van der Waals surface area contributed by atoms with Crippen LogP contribution < -0.4 is 75.9 Å². The molecular weight excluding hydrogens is 326 g/mol. The van der Waals surface area contributed by atoms with Gasteiger partial charge in [0.25, 0.3) is 0 Å². The van der Waals surface area contributed by atoms with Crippen LogP contribution in [0.15, 0.2) is 52.9 Å². The fourth-order valence-corrected chi connectivity index (χ4v) is 2.42. The third-order valence-electron chi connectivity index (χ3n) is 3.12. The van der Waals surface area contributed by atoms with Crippen molar-refractivity contribution in [3.05, 3.63) is 71.1 Å². The summed E-state index contributed by atoms with van der Waals surface area (Å²) in [6.07, 6.45) is 0. The van der Waals surface area contributed by atoms with Crippen LogP contribution in [0.1, 0.15) is 16.7 Å². The molecule has 0 atom stereocenters. The van der Waals surface area contributed by atoms with Gasteiger partial charge in [-0.1, -0.05) is 42.5 Å². The monoisotopic (exact) mass is 345 g/mol. The molecule has 23 heavy (non-hydrogen) atoms. The molecule has 7 heteroatoms. The summed E-state index contributed by atoms with van der Waals surface area (Å²) < 4.78 is 4.53. The van der Waals surface area contributed by atoms with E-state index >= 15 is 0 Å².